The van der Waals surface area contributed by atoms with Crippen molar-refractivity contribution in [1.82, 2.24) is 9.55 Å². The second-order valence-electron chi connectivity index (χ2n) is 8.73. The van der Waals surface area contributed by atoms with Crippen molar-refractivity contribution in [1.29, 1.82) is 0 Å². The molecule has 33 heavy (non-hydrogen) atoms. The maximum absolute atomic E-state index is 5.11. The van der Waals surface area contributed by atoms with Crippen LogP contribution >= 0.6 is 11.3 Å². The second-order valence-corrected chi connectivity index (χ2v) is 9.64. The van der Waals surface area contributed by atoms with Gasteiger partial charge >= 0.3 is 0 Å². The molecule has 0 bridgehead atoms. The summed E-state index contributed by atoms with van der Waals surface area (Å²) in [5, 5.41) is 3.54. The van der Waals surface area contributed by atoms with Crippen molar-refractivity contribution in [2.24, 2.45) is 0 Å². The van der Waals surface area contributed by atoms with Crippen LogP contribution in [-0.2, 0) is 0 Å². The van der Waals surface area contributed by atoms with Gasteiger partial charge < -0.3 is 0 Å². The fourth-order valence-corrected chi connectivity index (χ4v) is 5.40. The van der Waals surface area contributed by atoms with Crippen LogP contribution in [0.1, 0.15) is 25.3 Å². The molecule has 0 aliphatic carbocycles. The Bertz CT molecular complexity index is 1570. The van der Waals surface area contributed by atoms with Crippen molar-refractivity contribution in [2.75, 3.05) is 0 Å². The average molecular weight is 445 g/mol. The van der Waals surface area contributed by atoms with Crippen molar-refractivity contribution in [3.63, 3.8) is 0 Å². The topological polar surface area (TPSA) is 17.8 Å². The van der Waals surface area contributed by atoms with Crippen LogP contribution in [0.4, 0.5) is 0 Å². The fourth-order valence-electron chi connectivity index (χ4n) is 4.48. The lowest BCUT2D eigenvalue weighted by Crippen LogP contribution is -1.97. The van der Waals surface area contributed by atoms with Gasteiger partial charge in [-0.15, -0.1) is 11.3 Å². The summed E-state index contributed by atoms with van der Waals surface area (Å²) in [6, 6.07) is 34.6. The molecular formula is C30H24N2S. The number of nitrogens with zero attached hydrogens (tertiary/aromatic N) is 2. The lowest BCUT2D eigenvalue weighted by molar-refractivity contribution is 0.869. The standard InChI is InChI=1S/C30H24N2S/c1-20(2)23-14-17-29-25(18-23)26(19-33-29)30-31-27-10-6-7-11-28(27)32(30)24-15-12-22(13-16-24)21-8-4-3-5-9-21/h3-20H,1-2H3. The Morgan fingerprint density at radius 1 is 0.758 bits per heavy atom. The third-order valence-electron chi connectivity index (χ3n) is 6.30. The van der Waals surface area contributed by atoms with Gasteiger partial charge in [-0.1, -0.05) is 74.5 Å². The predicted octanol–water partition coefficient (Wildman–Crippen LogP) is 8.70. The number of imidazole rings is 1. The van der Waals surface area contributed by atoms with E-state index in [9.17, 15) is 0 Å². The molecule has 2 aromatic heterocycles. The molecule has 0 unspecified atom stereocenters. The Hall–Kier alpha value is -3.69. The second kappa shape index (κ2) is 8.02. The van der Waals surface area contributed by atoms with Crippen molar-refractivity contribution < 1.29 is 0 Å². The van der Waals surface area contributed by atoms with E-state index in [1.165, 1.54) is 32.3 Å². The van der Waals surface area contributed by atoms with Crippen molar-refractivity contribution in [3.8, 4) is 28.2 Å². The van der Waals surface area contributed by atoms with E-state index in [2.05, 4.69) is 121 Å². The van der Waals surface area contributed by atoms with E-state index in [1.54, 1.807) is 11.3 Å². The normalized spacial score (nSPS) is 11.6. The minimum absolute atomic E-state index is 0.492. The number of thiophene rings is 1. The van der Waals surface area contributed by atoms with Crippen LogP contribution in [0.2, 0.25) is 0 Å². The Morgan fingerprint density at radius 2 is 1.48 bits per heavy atom. The molecule has 0 fully saturated rings. The maximum Gasteiger partial charge on any atom is 0.147 e. The highest BCUT2D eigenvalue weighted by Gasteiger charge is 2.18. The summed E-state index contributed by atoms with van der Waals surface area (Å²) in [6.45, 7) is 4.49. The van der Waals surface area contributed by atoms with Crippen LogP contribution in [0.5, 0.6) is 0 Å². The van der Waals surface area contributed by atoms with Gasteiger partial charge in [0.15, 0.2) is 0 Å². The highest BCUT2D eigenvalue weighted by Crippen LogP contribution is 2.38. The molecule has 0 aliphatic heterocycles. The molecule has 0 spiro atoms. The summed E-state index contributed by atoms with van der Waals surface area (Å²) in [7, 11) is 0. The van der Waals surface area contributed by atoms with Crippen molar-refractivity contribution in [3.05, 3.63) is 108 Å². The molecule has 6 aromatic rings. The van der Waals surface area contributed by atoms with Crippen LogP contribution in [0.3, 0.4) is 0 Å². The highest BCUT2D eigenvalue weighted by atomic mass is 32.1. The number of aromatic nitrogens is 2. The van der Waals surface area contributed by atoms with Gasteiger partial charge in [-0.3, -0.25) is 4.57 Å². The van der Waals surface area contributed by atoms with Crippen LogP contribution in [0.25, 0.3) is 49.3 Å². The van der Waals surface area contributed by atoms with Crippen LogP contribution in [0, 0.1) is 0 Å². The quantitative estimate of drug-likeness (QED) is 0.266. The molecule has 0 saturated carbocycles. The van der Waals surface area contributed by atoms with Crippen molar-refractivity contribution >= 4 is 32.5 Å². The molecule has 0 N–H and O–H groups in total. The first kappa shape index (κ1) is 20.0. The van der Waals surface area contributed by atoms with Crippen LogP contribution in [-0.4, -0.2) is 9.55 Å². The third kappa shape index (κ3) is 3.46. The van der Waals surface area contributed by atoms with E-state index >= 15 is 0 Å². The van der Waals surface area contributed by atoms with Gasteiger partial charge in [-0.25, -0.2) is 4.98 Å². The first-order valence-corrected chi connectivity index (χ1v) is 12.2. The van der Waals surface area contributed by atoms with E-state index < -0.39 is 0 Å². The molecule has 2 nitrogen and oxygen atoms in total. The molecular weight excluding hydrogens is 420 g/mol. The number of fused-ring (bicyclic) bond motifs is 2. The Balaban J connectivity index is 1.55. The van der Waals surface area contributed by atoms with E-state index in [1.807, 2.05) is 0 Å². The fraction of sp³-hybridized carbons (Fsp3) is 0.100. The zero-order valence-corrected chi connectivity index (χ0v) is 19.5. The lowest BCUT2D eigenvalue weighted by atomic mass is 10.0. The largest absolute Gasteiger partial charge is 0.292 e. The summed E-state index contributed by atoms with van der Waals surface area (Å²) in [6.07, 6.45) is 0. The van der Waals surface area contributed by atoms with E-state index in [-0.39, 0.29) is 0 Å². The number of hydrogen-bond donors (Lipinski definition) is 0. The van der Waals surface area contributed by atoms with Gasteiger partial charge in [0.05, 0.1) is 11.0 Å². The number of para-hydroxylation sites is 2. The molecule has 2 heterocycles. The number of benzene rings is 4. The number of hydrogen-bond acceptors (Lipinski definition) is 2. The highest BCUT2D eigenvalue weighted by molar-refractivity contribution is 7.17. The Kier molecular flexibility index (Phi) is 4.85. The van der Waals surface area contributed by atoms with Gasteiger partial charge in [0.25, 0.3) is 0 Å². The summed E-state index contributed by atoms with van der Waals surface area (Å²) in [5.74, 6) is 1.49. The molecule has 4 aromatic carbocycles. The lowest BCUT2D eigenvalue weighted by Gasteiger charge is -2.11. The maximum atomic E-state index is 5.11. The predicted molar refractivity (Wildman–Crippen MR) is 141 cm³/mol. The summed E-state index contributed by atoms with van der Waals surface area (Å²) in [4.78, 5) is 5.11. The first-order chi connectivity index (χ1) is 16.2. The monoisotopic (exact) mass is 444 g/mol. The van der Waals surface area contributed by atoms with E-state index in [0.29, 0.717) is 5.92 Å². The summed E-state index contributed by atoms with van der Waals surface area (Å²) >= 11 is 1.79. The van der Waals surface area contributed by atoms with Crippen LogP contribution in [0.15, 0.2) is 102 Å². The SMILES string of the molecule is CC(C)c1ccc2scc(-c3nc4ccccc4n3-c3ccc(-c4ccccc4)cc3)c2c1. The zero-order valence-electron chi connectivity index (χ0n) is 18.7. The molecule has 160 valence electrons. The van der Waals surface area contributed by atoms with Gasteiger partial charge in [0.2, 0.25) is 0 Å². The third-order valence-corrected chi connectivity index (χ3v) is 7.26. The minimum atomic E-state index is 0.492. The summed E-state index contributed by atoms with van der Waals surface area (Å²) in [5.41, 5.74) is 8.26. The zero-order chi connectivity index (χ0) is 22.4. The molecule has 0 saturated heterocycles. The average Bonchev–Trinajstić information content (AvgIpc) is 3.45. The molecule has 0 radical (unpaired) electrons. The minimum Gasteiger partial charge on any atom is -0.292 e. The van der Waals surface area contributed by atoms with E-state index in [4.69, 9.17) is 4.98 Å². The smallest absolute Gasteiger partial charge is 0.147 e. The van der Waals surface area contributed by atoms with Gasteiger partial charge in [-0.05, 0) is 59.0 Å². The Labute approximate surface area is 197 Å². The van der Waals surface area contributed by atoms with Crippen LogP contribution < -0.4 is 0 Å². The van der Waals surface area contributed by atoms with Gasteiger partial charge in [-0.2, -0.15) is 0 Å². The van der Waals surface area contributed by atoms with Crippen molar-refractivity contribution in [2.45, 2.75) is 19.8 Å². The Morgan fingerprint density at radius 3 is 2.27 bits per heavy atom. The molecule has 0 aliphatic rings. The molecule has 0 atom stereocenters. The molecule has 3 heteroatoms. The summed E-state index contributed by atoms with van der Waals surface area (Å²) < 4.78 is 3.60. The first-order valence-electron chi connectivity index (χ1n) is 11.3. The van der Waals surface area contributed by atoms with E-state index in [0.717, 1.165) is 22.5 Å². The van der Waals surface area contributed by atoms with Gasteiger partial charge in [0.1, 0.15) is 5.82 Å². The number of rotatable bonds is 4. The van der Waals surface area contributed by atoms with Gasteiger partial charge in [0, 0.05) is 26.7 Å². The molecule has 6 rings (SSSR count). The molecule has 0 amide bonds.